The molecular formula is C17H19N5O2S. The third-order valence-electron chi connectivity index (χ3n) is 3.65. The Morgan fingerprint density at radius 2 is 2.04 bits per heavy atom. The number of H-pyrrole nitrogens is 1. The number of anilines is 1. The molecule has 0 aliphatic rings. The summed E-state index contributed by atoms with van der Waals surface area (Å²) in [5, 5.41) is 15.7. The van der Waals surface area contributed by atoms with Gasteiger partial charge in [-0.1, -0.05) is 43.4 Å². The highest BCUT2D eigenvalue weighted by Crippen LogP contribution is 2.22. The second-order valence-corrected chi connectivity index (χ2v) is 6.91. The van der Waals surface area contributed by atoms with Gasteiger partial charge in [-0.05, 0) is 6.07 Å². The van der Waals surface area contributed by atoms with Crippen molar-refractivity contribution >= 4 is 39.2 Å². The van der Waals surface area contributed by atoms with Crippen molar-refractivity contribution in [3.63, 3.8) is 0 Å². The average Bonchev–Trinajstić information content (AvgIpc) is 3.21. The first-order chi connectivity index (χ1) is 12.0. The van der Waals surface area contributed by atoms with Gasteiger partial charge in [-0.2, -0.15) is 0 Å². The van der Waals surface area contributed by atoms with E-state index < -0.39 is 0 Å². The highest BCUT2D eigenvalue weighted by atomic mass is 32.1. The van der Waals surface area contributed by atoms with Crippen LogP contribution in [0.5, 0.6) is 0 Å². The number of benzene rings is 1. The normalized spacial score (nSPS) is 11.0. The molecule has 2 aromatic heterocycles. The fourth-order valence-electron chi connectivity index (χ4n) is 2.34. The van der Waals surface area contributed by atoms with E-state index in [-0.39, 0.29) is 30.7 Å². The molecule has 0 radical (unpaired) electrons. The number of hydrogen-bond donors (Lipinski definition) is 3. The first-order valence-corrected chi connectivity index (χ1v) is 8.84. The summed E-state index contributed by atoms with van der Waals surface area (Å²) >= 11 is 1.36. The molecule has 0 saturated heterocycles. The van der Waals surface area contributed by atoms with Gasteiger partial charge in [0.1, 0.15) is 5.01 Å². The SMILES string of the molecule is CC(C)c1nnc(NC(=O)CCNC(=O)c2c[nH]c3ccccc23)s1. The molecule has 0 unspecified atom stereocenters. The van der Waals surface area contributed by atoms with Crippen LogP contribution in [0.15, 0.2) is 30.5 Å². The summed E-state index contributed by atoms with van der Waals surface area (Å²) in [6.07, 6.45) is 1.85. The Labute approximate surface area is 148 Å². The zero-order valence-corrected chi connectivity index (χ0v) is 14.8. The van der Waals surface area contributed by atoms with E-state index in [4.69, 9.17) is 0 Å². The molecule has 3 rings (SSSR count). The summed E-state index contributed by atoms with van der Waals surface area (Å²) < 4.78 is 0. The van der Waals surface area contributed by atoms with Crippen LogP contribution >= 0.6 is 11.3 Å². The van der Waals surface area contributed by atoms with E-state index in [2.05, 4.69) is 25.8 Å². The fourth-order valence-corrected chi connectivity index (χ4v) is 3.11. The molecule has 3 aromatic rings. The molecule has 8 heteroatoms. The van der Waals surface area contributed by atoms with Crippen molar-refractivity contribution < 1.29 is 9.59 Å². The summed E-state index contributed by atoms with van der Waals surface area (Å²) in [5.41, 5.74) is 1.48. The lowest BCUT2D eigenvalue weighted by Gasteiger charge is -2.04. The maximum atomic E-state index is 12.3. The lowest BCUT2D eigenvalue weighted by atomic mass is 10.1. The lowest BCUT2D eigenvalue weighted by Crippen LogP contribution is -2.27. The van der Waals surface area contributed by atoms with Crippen LogP contribution < -0.4 is 10.6 Å². The second-order valence-electron chi connectivity index (χ2n) is 5.90. The lowest BCUT2D eigenvalue weighted by molar-refractivity contribution is -0.116. The van der Waals surface area contributed by atoms with Gasteiger partial charge in [0.05, 0.1) is 5.56 Å². The van der Waals surface area contributed by atoms with Gasteiger partial charge >= 0.3 is 0 Å². The highest BCUT2D eigenvalue weighted by Gasteiger charge is 2.13. The Morgan fingerprint density at radius 3 is 2.80 bits per heavy atom. The molecule has 0 fully saturated rings. The summed E-state index contributed by atoms with van der Waals surface area (Å²) in [6, 6.07) is 7.58. The second kappa shape index (κ2) is 7.43. The molecule has 3 N–H and O–H groups in total. The van der Waals surface area contributed by atoms with Gasteiger partial charge in [-0.3, -0.25) is 9.59 Å². The summed E-state index contributed by atoms with van der Waals surface area (Å²) in [6.45, 7) is 4.29. The zero-order chi connectivity index (χ0) is 17.8. The highest BCUT2D eigenvalue weighted by molar-refractivity contribution is 7.15. The van der Waals surface area contributed by atoms with Crippen LogP contribution in [0.1, 0.15) is 41.6 Å². The standard InChI is InChI=1S/C17H19N5O2S/c1-10(2)16-21-22-17(25-16)20-14(23)7-8-18-15(24)12-9-19-13-6-4-3-5-11(12)13/h3-6,9-10,19H,7-8H2,1-2H3,(H,18,24)(H,20,22,23). The molecule has 1 aromatic carbocycles. The maximum Gasteiger partial charge on any atom is 0.253 e. The molecule has 0 spiro atoms. The van der Waals surface area contributed by atoms with Crippen molar-refractivity contribution in [3.8, 4) is 0 Å². The molecule has 2 heterocycles. The number of rotatable bonds is 6. The summed E-state index contributed by atoms with van der Waals surface area (Å²) in [7, 11) is 0. The predicted molar refractivity (Wildman–Crippen MR) is 97.9 cm³/mol. The van der Waals surface area contributed by atoms with Gasteiger partial charge in [0, 0.05) is 36.0 Å². The molecule has 7 nitrogen and oxygen atoms in total. The van der Waals surface area contributed by atoms with Crippen LogP contribution in [0, 0.1) is 0 Å². The van der Waals surface area contributed by atoms with E-state index in [9.17, 15) is 9.59 Å². The largest absolute Gasteiger partial charge is 0.360 e. The molecule has 0 aliphatic heterocycles. The third kappa shape index (κ3) is 4.03. The van der Waals surface area contributed by atoms with Gasteiger partial charge in [-0.25, -0.2) is 0 Å². The topological polar surface area (TPSA) is 99.8 Å². The number of hydrogen-bond acceptors (Lipinski definition) is 5. The maximum absolute atomic E-state index is 12.3. The predicted octanol–water partition coefficient (Wildman–Crippen LogP) is 2.90. The minimum absolute atomic E-state index is 0.171. The van der Waals surface area contributed by atoms with Crippen LogP contribution in [0.2, 0.25) is 0 Å². The minimum Gasteiger partial charge on any atom is -0.360 e. The molecule has 0 atom stereocenters. The number of nitrogens with zero attached hydrogens (tertiary/aromatic N) is 2. The first kappa shape index (κ1) is 17.1. The van der Waals surface area contributed by atoms with E-state index in [1.54, 1.807) is 6.20 Å². The average molecular weight is 357 g/mol. The molecular weight excluding hydrogens is 338 g/mol. The van der Waals surface area contributed by atoms with Crippen LogP contribution in [-0.2, 0) is 4.79 Å². The number of nitrogens with one attached hydrogen (secondary N) is 3. The van der Waals surface area contributed by atoms with E-state index in [1.165, 1.54) is 11.3 Å². The van der Waals surface area contributed by atoms with Gasteiger partial charge in [0.25, 0.3) is 5.91 Å². The molecule has 0 bridgehead atoms. The third-order valence-corrected chi connectivity index (χ3v) is 4.79. The molecule has 25 heavy (non-hydrogen) atoms. The van der Waals surface area contributed by atoms with E-state index in [0.717, 1.165) is 15.9 Å². The van der Waals surface area contributed by atoms with Crippen molar-refractivity contribution in [2.24, 2.45) is 0 Å². The van der Waals surface area contributed by atoms with Crippen molar-refractivity contribution in [1.82, 2.24) is 20.5 Å². The Morgan fingerprint density at radius 1 is 1.24 bits per heavy atom. The number of carbonyl (C=O) groups is 2. The van der Waals surface area contributed by atoms with E-state index in [0.29, 0.717) is 10.7 Å². The monoisotopic (exact) mass is 357 g/mol. The zero-order valence-electron chi connectivity index (χ0n) is 14.0. The Kier molecular flexibility index (Phi) is 5.08. The number of fused-ring (bicyclic) bond motifs is 1. The van der Waals surface area contributed by atoms with Crippen molar-refractivity contribution in [2.45, 2.75) is 26.2 Å². The van der Waals surface area contributed by atoms with E-state index >= 15 is 0 Å². The van der Waals surface area contributed by atoms with Crippen molar-refractivity contribution in [2.75, 3.05) is 11.9 Å². The summed E-state index contributed by atoms with van der Waals surface area (Å²) in [5.74, 6) is -0.132. The molecule has 130 valence electrons. The Hall–Kier alpha value is -2.74. The van der Waals surface area contributed by atoms with Gasteiger partial charge in [-0.15, -0.1) is 10.2 Å². The van der Waals surface area contributed by atoms with Crippen molar-refractivity contribution in [3.05, 3.63) is 41.0 Å². The molecule has 2 amide bonds. The number of carbonyl (C=O) groups excluding carboxylic acids is 2. The molecule has 0 aliphatic carbocycles. The first-order valence-electron chi connectivity index (χ1n) is 8.02. The quantitative estimate of drug-likeness (QED) is 0.631. The van der Waals surface area contributed by atoms with Gasteiger partial charge < -0.3 is 15.6 Å². The Bertz CT molecular complexity index is 899. The number of amides is 2. The van der Waals surface area contributed by atoms with Gasteiger partial charge in [0.2, 0.25) is 11.0 Å². The number of aromatic nitrogens is 3. The van der Waals surface area contributed by atoms with Crippen LogP contribution in [0.25, 0.3) is 10.9 Å². The fraction of sp³-hybridized carbons (Fsp3) is 0.294. The summed E-state index contributed by atoms with van der Waals surface area (Å²) in [4.78, 5) is 27.3. The van der Waals surface area contributed by atoms with E-state index in [1.807, 2.05) is 38.1 Å². The minimum atomic E-state index is -0.205. The number of para-hydroxylation sites is 1. The van der Waals surface area contributed by atoms with Crippen LogP contribution in [0.4, 0.5) is 5.13 Å². The van der Waals surface area contributed by atoms with Gasteiger partial charge in [0.15, 0.2) is 0 Å². The van der Waals surface area contributed by atoms with Crippen LogP contribution in [0.3, 0.4) is 0 Å². The molecule has 0 saturated carbocycles. The Balaban J connectivity index is 1.50. The number of aromatic amines is 1. The smallest absolute Gasteiger partial charge is 0.253 e. The van der Waals surface area contributed by atoms with Crippen molar-refractivity contribution in [1.29, 1.82) is 0 Å². The van der Waals surface area contributed by atoms with Crippen LogP contribution in [-0.4, -0.2) is 33.5 Å².